The first-order valence-corrected chi connectivity index (χ1v) is 7.35. The predicted octanol–water partition coefficient (Wildman–Crippen LogP) is 2.20. The van der Waals surface area contributed by atoms with Gasteiger partial charge in [0, 0.05) is 12.6 Å². The molecular formula is C16H26N2O2. The number of hydrogen-bond acceptors (Lipinski definition) is 3. The lowest BCUT2D eigenvalue weighted by Gasteiger charge is -2.18. The molecule has 4 N–H and O–H groups in total. The fourth-order valence-corrected chi connectivity index (χ4v) is 2.18. The molecule has 0 heterocycles. The fraction of sp³-hybridized carbons (Fsp3) is 0.562. The van der Waals surface area contributed by atoms with Crippen molar-refractivity contribution in [3.05, 3.63) is 29.8 Å². The molecule has 0 fully saturated rings. The number of hydrogen-bond donors (Lipinski definition) is 3. The van der Waals surface area contributed by atoms with Crippen molar-refractivity contribution in [3.63, 3.8) is 0 Å². The van der Waals surface area contributed by atoms with Crippen molar-refractivity contribution >= 4 is 5.91 Å². The van der Waals surface area contributed by atoms with Crippen LogP contribution in [-0.4, -0.2) is 23.6 Å². The molecule has 4 nitrogen and oxygen atoms in total. The minimum atomic E-state index is -0.0730. The largest absolute Gasteiger partial charge is 0.508 e. The summed E-state index contributed by atoms with van der Waals surface area (Å²) in [6.45, 7) is 4.48. The summed E-state index contributed by atoms with van der Waals surface area (Å²) in [6, 6.07) is 7.31. The number of nitrogens with one attached hydrogen (secondary N) is 1. The van der Waals surface area contributed by atoms with Gasteiger partial charge in [0.2, 0.25) is 5.91 Å². The molecule has 1 amide bonds. The van der Waals surface area contributed by atoms with Gasteiger partial charge in [-0.25, -0.2) is 0 Å². The van der Waals surface area contributed by atoms with Crippen LogP contribution in [0.25, 0.3) is 0 Å². The summed E-state index contributed by atoms with van der Waals surface area (Å²) in [6.07, 6.45) is 3.56. The van der Waals surface area contributed by atoms with Crippen LogP contribution in [0.3, 0.4) is 0 Å². The van der Waals surface area contributed by atoms with Gasteiger partial charge in [0.15, 0.2) is 0 Å². The van der Waals surface area contributed by atoms with E-state index in [1.165, 1.54) is 0 Å². The zero-order valence-electron chi connectivity index (χ0n) is 12.4. The zero-order chi connectivity index (χ0) is 15.0. The summed E-state index contributed by atoms with van der Waals surface area (Å²) in [7, 11) is 0. The van der Waals surface area contributed by atoms with Crippen LogP contribution in [0.15, 0.2) is 24.3 Å². The van der Waals surface area contributed by atoms with E-state index in [0.717, 1.165) is 31.2 Å². The molecule has 0 aliphatic rings. The lowest BCUT2D eigenvalue weighted by Crippen LogP contribution is -2.40. The van der Waals surface area contributed by atoms with Crippen molar-refractivity contribution in [3.8, 4) is 5.75 Å². The molecule has 1 rings (SSSR count). The van der Waals surface area contributed by atoms with Crippen LogP contribution in [0.1, 0.15) is 38.7 Å². The Bertz CT molecular complexity index is 403. The third-order valence-electron chi connectivity index (χ3n) is 3.48. The van der Waals surface area contributed by atoms with Crippen molar-refractivity contribution < 1.29 is 9.90 Å². The summed E-state index contributed by atoms with van der Waals surface area (Å²) in [5.41, 5.74) is 6.79. The number of phenols is 1. The van der Waals surface area contributed by atoms with E-state index in [1.54, 1.807) is 12.1 Å². The van der Waals surface area contributed by atoms with E-state index in [0.29, 0.717) is 6.54 Å². The second kappa shape index (κ2) is 8.59. The first-order chi connectivity index (χ1) is 9.56. The highest BCUT2D eigenvalue weighted by Crippen LogP contribution is 2.12. The molecule has 2 unspecified atom stereocenters. The SMILES string of the molecule is CCCC(CN)C(=O)NC(C)CCc1ccc(O)cc1. The van der Waals surface area contributed by atoms with Gasteiger partial charge in [0.1, 0.15) is 5.75 Å². The number of nitrogens with two attached hydrogens (primary N) is 1. The number of benzene rings is 1. The van der Waals surface area contributed by atoms with Crippen LogP contribution in [0, 0.1) is 5.92 Å². The van der Waals surface area contributed by atoms with Crippen LogP contribution in [0.4, 0.5) is 0 Å². The molecule has 2 atom stereocenters. The smallest absolute Gasteiger partial charge is 0.224 e. The molecule has 0 aromatic heterocycles. The second-order valence-corrected chi connectivity index (χ2v) is 5.34. The van der Waals surface area contributed by atoms with Gasteiger partial charge in [-0.15, -0.1) is 0 Å². The Morgan fingerprint density at radius 2 is 1.95 bits per heavy atom. The normalized spacial score (nSPS) is 13.8. The van der Waals surface area contributed by atoms with Crippen molar-refractivity contribution in [1.82, 2.24) is 5.32 Å². The molecule has 0 aliphatic heterocycles. The Morgan fingerprint density at radius 1 is 1.30 bits per heavy atom. The van der Waals surface area contributed by atoms with E-state index in [2.05, 4.69) is 12.2 Å². The van der Waals surface area contributed by atoms with Crippen LogP contribution >= 0.6 is 0 Å². The monoisotopic (exact) mass is 278 g/mol. The summed E-state index contributed by atoms with van der Waals surface area (Å²) in [5.74, 6) is 0.268. The lowest BCUT2D eigenvalue weighted by molar-refractivity contribution is -0.125. The van der Waals surface area contributed by atoms with Gasteiger partial charge in [0.25, 0.3) is 0 Å². The highest BCUT2D eigenvalue weighted by molar-refractivity contribution is 5.79. The minimum Gasteiger partial charge on any atom is -0.508 e. The van der Waals surface area contributed by atoms with Crippen molar-refractivity contribution in [2.45, 2.75) is 45.6 Å². The first-order valence-electron chi connectivity index (χ1n) is 7.35. The second-order valence-electron chi connectivity index (χ2n) is 5.34. The Hall–Kier alpha value is -1.55. The molecule has 4 heteroatoms. The molecular weight excluding hydrogens is 252 g/mol. The average Bonchev–Trinajstić information content (AvgIpc) is 2.44. The summed E-state index contributed by atoms with van der Waals surface area (Å²) in [4.78, 5) is 12.0. The third kappa shape index (κ3) is 5.61. The molecule has 1 aromatic carbocycles. The molecule has 112 valence electrons. The van der Waals surface area contributed by atoms with Crippen LogP contribution in [0.5, 0.6) is 5.75 Å². The molecule has 0 radical (unpaired) electrons. The number of rotatable bonds is 8. The maximum atomic E-state index is 12.0. The molecule has 0 bridgehead atoms. The van der Waals surface area contributed by atoms with Gasteiger partial charge in [-0.05, 0) is 43.9 Å². The predicted molar refractivity (Wildman–Crippen MR) is 81.5 cm³/mol. The van der Waals surface area contributed by atoms with Crippen molar-refractivity contribution in [2.75, 3.05) is 6.54 Å². The first kappa shape index (κ1) is 16.5. The number of carbonyl (C=O) groups excluding carboxylic acids is 1. The van der Waals surface area contributed by atoms with Gasteiger partial charge in [0.05, 0.1) is 5.92 Å². The average molecular weight is 278 g/mol. The van der Waals surface area contributed by atoms with E-state index in [9.17, 15) is 9.90 Å². The van der Waals surface area contributed by atoms with Crippen LogP contribution < -0.4 is 11.1 Å². The fourth-order valence-electron chi connectivity index (χ4n) is 2.18. The molecule has 0 saturated heterocycles. The van der Waals surface area contributed by atoms with E-state index >= 15 is 0 Å². The maximum Gasteiger partial charge on any atom is 0.224 e. The van der Waals surface area contributed by atoms with Gasteiger partial charge in [-0.1, -0.05) is 25.5 Å². The molecule has 0 aliphatic carbocycles. The van der Waals surface area contributed by atoms with Crippen molar-refractivity contribution in [1.29, 1.82) is 0 Å². The number of carbonyl (C=O) groups is 1. The lowest BCUT2D eigenvalue weighted by atomic mass is 10.0. The Balaban J connectivity index is 2.37. The molecule has 0 spiro atoms. The molecule has 1 aromatic rings. The van der Waals surface area contributed by atoms with E-state index in [4.69, 9.17) is 5.73 Å². The Morgan fingerprint density at radius 3 is 2.50 bits per heavy atom. The van der Waals surface area contributed by atoms with Gasteiger partial charge >= 0.3 is 0 Å². The van der Waals surface area contributed by atoms with Crippen LogP contribution in [-0.2, 0) is 11.2 Å². The Kier molecular flexibility index (Phi) is 7.09. The van der Waals surface area contributed by atoms with E-state index in [1.807, 2.05) is 19.1 Å². The van der Waals surface area contributed by atoms with Gasteiger partial charge in [-0.2, -0.15) is 0 Å². The number of aryl methyl sites for hydroxylation is 1. The van der Waals surface area contributed by atoms with Gasteiger partial charge < -0.3 is 16.2 Å². The molecule has 0 saturated carbocycles. The van der Waals surface area contributed by atoms with E-state index in [-0.39, 0.29) is 23.6 Å². The number of aromatic hydroxyl groups is 1. The molecule has 20 heavy (non-hydrogen) atoms. The highest BCUT2D eigenvalue weighted by Gasteiger charge is 2.17. The summed E-state index contributed by atoms with van der Waals surface area (Å²) < 4.78 is 0. The number of phenolic OH excluding ortho intramolecular Hbond substituents is 1. The van der Waals surface area contributed by atoms with Crippen LogP contribution in [0.2, 0.25) is 0 Å². The quantitative estimate of drug-likeness (QED) is 0.682. The summed E-state index contributed by atoms with van der Waals surface area (Å²) >= 11 is 0. The zero-order valence-corrected chi connectivity index (χ0v) is 12.4. The third-order valence-corrected chi connectivity index (χ3v) is 3.48. The maximum absolute atomic E-state index is 12.0. The summed E-state index contributed by atoms with van der Waals surface area (Å²) in [5, 5.41) is 12.3. The standard InChI is InChI=1S/C16H26N2O2/c1-3-4-14(11-17)16(20)18-12(2)5-6-13-7-9-15(19)10-8-13/h7-10,12,14,19H,3-6,11,17H2,1-2H3,(H,18,20). The van der Waals surface area contributed by atoms with E-state index < -0.39 is 0 Å². The number of amides is 1. The van der Waals surface area contributed by atoms with Gasteiger partial charge in [-0.3, -0.25) is 4.79 Å². The van der Waals surface area contributed by atoms with Crippen molar-refractivity contribution in [2.24, 2.45) is 11.7 Å². The Labute approximate surface area is 121 Å². The highest BCUT2D eigenvalue weighted by atomic mass is 16.3. The minimum absolute atomic E-state index is 0.0626. The topological polar surface area (TPSA) is 75.4 Å².